The second-order valence-electron chi connectivity index (χ2n) is 6.26. The van der Waals surface area contributed by atoms with Crippen molar-refractivity contribution in [3.8, 4) is 23.4 Å². The lowest BCUT2D eigenvalue weighted by molar-refractivity contribution is -0.123. The Hall–Kier alpha value is -3.38. The number of halogens is 1. The van der Waals surface area contributed by atoms with E-state index in [1.165, 1.54) is 0 Å². The van der Waals surface area contributed by atoms with E-state index in [9.17, 15) is 4.79 Å². The molecule has 0 saturated carbocycles. The smallest absolute Gasteiger partial charge is 0.258 e. The number of pyridine rings is 1. The van der Waals surface area contributed by atoms with Crippen LogP contribution in [0.2, 0.25) is 0 Å². The molecular weight excluding hydrogens is 450 g/mol. The second kappa shape index (κ2) is 9.89. The summed E-state index contributed by atoms with van der Waals surface area (Å²) in [6, 6.07) is 8.98. The summed E-state index contributed by atoms with van der Waals surface area (Å²) in [5.74, 6) is 2.07. The van der Waals surface area contributed by atoms with Gasteiger partial charge in [0.25, 0.3) is 5.91 Å². The maximum absolute atomic E-state index is 12.3. The third kappa shape index (κ3) is 5.15. The Labute approximate surface area is 182 Å². The fraction of sp³-hybridized carbons (Fsp3) is 0.238. The summed E-state index contributed by atoms with van der Waals surface area (Å²) in [5.41, 5.74) is 1.33. The first-order valence-corrected chi connectivity index (χ1v) is 10.0. The van der Waals surface area contributed by atoms with Crippen LogP contribution in [0, 0.1) is 18.3 Å². The SMILES string of the molecule is CCOc1cc(C#N)cc(Br)c1OCC(=O)NCc1ccnc(-n2ccnc2C)c1. The lowest BCUT2D eigenvalue weighted by atomic mass is 10.2. The van der Waals surface area contributed by atoms with Crippen LogP contribution >= 0.6 is 15.9 Å². The molecule has 0 spiro atoms. The molecule has 0 aliphatic carbocycles. The van der Waals surface area contributed by atoms with Crippen molar-refractivity contribution in [2.75, 3.05) is 13.2 Å². The zero-order valence-electron chi connectivity index (χ0n) is 16.6. The second-order valence-corrected chi connectivity index (χ2v) is 7.12. The van der Waals surface area contributed by atoms with Crippen LogP contribution in [0.15, 0.2) is 47.3 Å². The van der Waals surface area contributed by atoms with E-state index in [2.05, 4.69) is 37.3 Å². The first-order chi connectivity index (χ1) is 14.5. The highest BCUT2D eigenvalue weighted by atomic mass is 79.9. The van der Waals surface area contributed by atoms with Gasteiger partial charge in [-0.15, -0.1) is 0 Å². The van der Waals surface area contributed by atoms with Crippen molar-refractivity contribution < 1.29 is 14.3 Å². The van der Waals surface area contributed by atoms with Crippen LogP contribution in [-0.2, 0) is 11.3 Å². The number of hydrogen-bond donors (Lipinski definition) is 1. The first kappa shape index (κ1) is 21.3. The van der Waals surface area contributed by atoms with E-state index < -0.39 is 0 Å². The van der Waals surface area contributed by atoms with Crippen molar-refractivity contribution in [2.24, 2.45) is 0 Å². The molecule has 0 aliphatic rings. The Morgan fingerprint density at radius 1 is 1.27 bits per heavy atom. The van der Waals surface area contributed by atoms with Gasteiger partial charge in [0, 0.05) is 31.2 Å². The molecule has 154 valence electrons. The van der Waals surface area contributed by atoms with Gasteiger partial charge in [-0.2, -0.15) is 5.26 Å². The topological polar surface area (TPSA) is 102 Å². The summed E-state index contributed by atoms with van der Waals surface area (Å²) in [4.78, 5) is 20.8. The van der Waals surface area contributed by atoms with E-state index >= 15 is 0 Å². The summed E-state index contributed by atoms with van der Waals surface area (Å²) >= 11 is 3.37. The van der Waals surface area contributed by atoms with Gasteiger partial charge in [0.05, 0.1) is 22.7 Å². The number of nitrogens with one attached hydrogen (secondary N) is 1. The van der Waals surface area contributed by atoms with Crippen LogP contribution in [0.5, 0.6) is 11.5 Å². The molecule has 0 unspecified atom stereocenters. The summed E-state index contributed by atoms with van der Waals surface area (Å²) in [6.45, 7) is 4.27. The van der Waals surface area contributed by atoms with Crippen LogP contribution in [0.4, 0.5) is 0 Å². The number of aromatic nitrogens is 3. The fourth-order valence-electron chi connectivity index (χ4n) is 2.75. The molecule has 30 heavy (non-hydrogen) atoms. The number of carbonyl (C=O) groups excluding carboxylic acids is 1. The summed E-state index contributed by atoms with van der Waals surface area (Å²) < 4.78 is 13.6. The van der Waals surface area contributed by atoms with Crippen molar-refractivity contribution in [3.05, 3.63) is 64.3 Å². The van der Waals surface area contributed by atoms with Gasteiger partial charge < -0.3 is 14.8 Å². The maximum atomic E-state index is 12.3. The van der Waals surface area contributed by atoms with Gasteiger partial charge >= 0.3 is 0 Å². The van der Waals surface area contributed by atoms with Gasteiger partial charge in [-0.25, -0.2) is 9.97 Å². The van der Waals surface area contributed by atoms with E-state index in [0.717, 1.165) is 17.2 Å². The molecule has 3 rings (SSSR count). The van der Waals surface area contributed by atoms with Crippen LogP contribution in [0.3, 0.4) is 0 Å². The van der Waals surface area contributed by atoms with Crippen molar-refractivity contribution in [2.45, 2.75) is 20.4 Å². The minimum Gasteiger partial charge on any atom is -0.490 e. The van der Waals surface area contributed by atoms with E-state index in [1.807, 2.05) is 36.7 Å². The van der Waals surface area contributed by atoms with Crippen LogP contribution in [0.25, 0.3) is 5.82 Å². The highest BCUT2D eigenvalue weighted by Gasteiger charge is 2.14. The molecule has 0 fully saturated rings. The summed E-state index contributed by atoms with van der Waals surface area (Å²) in [6.07, 6.45) is 5.23. The van der Waals surface area contributed by atoms with Crippen molar-refractivity contribution >= 4 is 21.8 Å². The van der Waals surface area contributed by atoms with Crippen molar-refractivity contribution in [1.82, 2.24) is 19.9 Å². The Kier molecular flexibility index (Phi) is 7.03. The number of carbonyl (C=O) groups is 1. The molecule has 0 aliphatic heterocycles. The fourth-order valence-corrected chi connectivity index (χ4v) is 3.30. The minimum absolute atomic E-state index is 0.191. The predicted octanol–water partition coefficient (Wildman–Crippen LogP) is 3.30. The van der Waals surface area contributed by atoms with E-state index in [1.54, 1.807) is 24.5 Å². The quantitative estimate of drug-likeness (QED) is 0.542. The molecule has 1 N–H and O–H groups in total. The molecule has 9 heteroatoms. The molecule has 2 aromatic heterocycles. The molecule has 0 bridgehead atoms. The maximum Gasteiger partial charge on any atom is 0.258 e. The Bertz CT molecular complexity index is 1090. The molecular formula is C21H20BrN5O3. The number of benzene rings is 1. The number of hydrogen-bond acceptors (Lipinski definition) is 6. The minimum atomic E-state index is -0.286. The van der Waals surface area contributed by atoms with Gasteiger partial charge in [-0.3, -0.25) is 9.36 Å². The predicted molar refractivity (Wildman–Crippen MR) is 113 cm³/mol. The van der Waals surface area contributed by atoms with Gasteiger partial charge in [0.1, 0.15) is 11.6 Å². The summed E-state index contributed by atoms with van der Waals surface area (Å²) in [7, 11) is 0. The number of ether oxygens (including phenoxy) is 2. The molecule has 0 atom stereocenters. The normalized spacial score (nSPS) is 10.3. The molecule has 8 nitrogen and oxygen atoms in total. The van der Waals surface area contributed by atoms with Crippen molar-refractivity contribution in [3.63, 3.8) is 0 Å². The van der Waals surface area contributed by atoms with E-state index in [-0.39, 0.29) is 12.5 Å². The lowest BCUT2D eigenvalue weighted by Crippen LogP contribution is -2.28. The number of nitrogens with zero attached hydrogens (tertiary/aromatic N) is 4. The number of imidazole rings is 1. The van der Waals surface area contributed by atoms with E-state index in [0.29, 0.717) is 34.7 Å². The van der Waals surface area contributed by atoms with Gasteiger partial charge in [-0.05, 0) is 53.5 Å². The van der Waals surface area contributed by atoms with E-state index in [4.69, 9.17) is 14.7 Å². The molecule has 3 aromatic rings. The molecule has 0 radical (unpaired) electrons. The zero-order chi connectivity index (χ0) is 21.5. The van der Waals surface area contributed by atoms with Gasteiger partial charge in [0.15, 0.2) is 18.1 Å². The lowest BCUT2D eigenvalue weighted by Gasteiger charge is -2.14. The number of aryl methyl sites for hydroxylation is 1. The van der Waals surface area contributed by atoms with Crippen molar-refractivity contribution in [1.29, 1.82) is 5.26 Å². The Morgan fingerprint density at radius 3 is 2.80 bits per heavy atom. The largest absolute Gasteiger partial charge is 0.490 e. The number of rotatable bonds is 8. The van der Waals surface area contributed by atoms with Crippen LogP contribution < -0.4 is 14.8 Å². The average Bonchev–Trinajstić information content (AvgIpc) is 3.17. The molecule has 0 saturated heterocycles. The monoisotopic (exact) mass is 469 g/mol. The third-order valence-electron chi connectivity index (χ3n) is 4.16. The highest BCUT2D eigenvalue weighted by molar-refractivity contribution is 9.10. The molecule has 1 amide bonds. The zero-order valence-corrected chi connectivity index (χ0v) is 18.1. The van der Waals surface area contributed by atoms with Crippen LogP contribution in [0.1, 0.15) is 23.9 Å². The average molecular weight is 470 g/mol. The molecule has 1 aromatic carbocycles. The summed E-state index contributed by atoms with van der Waals surface area (Å²) in [5, 5.41) is 11.9. The van der Waals surface area contributed by atoms with Gasteiger partial charge in [0.2, 0.25) is 0 Å². The number of nitriles is 1. The van der Waals surface area contributed by atoms with Crippen LogP contribution in [-0.4, -0.2) is 33.7 Å². The standard InChI is InChI=1S/C21H20BrN5O3/c1-3-29-18-9-16(11-23)8-17(22)21(18)30-13-20(28)26-12-15-4-5-25-19(10-15)27-7-6-24-14(27)2/h4-10H,3,12-13H2,1-2H3,(H,26,28). The van der Waals surface area contributed by atoms with Gasteiger partial charge in [-0.1, -0.05) is 0 Å². The Morgan fingerprint density at radius 2 is 2.10 bits per heavy atom. The Balaban J connectivity index is 1.61. The molecule has 2 heterocycles. The number of amides is 1. The third-order valence-corrected chi connectivity index (χ3v) is 4.75. The first-order valence-electron chi connectivity index (χ1n) is 9.23. The highest BCUT2D eigenvalue weighted by Crippen LogP contribution is 2.36.